The van der Waals surface area contributed by atoms with Crippen molar-refractivity contribution >= 4 is 59.0 Å². The molecule has 0 spiro atoms. The summed E-state index contributed by atoms with van der Waals surface area (Å²) in [5.74, 6) is 1.22. The molecule has 1 heterocycles. The van der Waals surface area contributed by atoms with Gasteiger partial charge in [-0.3, -0.25) is 9.59 Å². The van der Waals surface area contributed by atoms with Crippen LogP contribution in [0.1, 0.15) is 44.9 Å². The van der Waals surface area contributed by atoms with Crippen LogP contribution in [0.5, 0.6) is 11.5 Å². The second-order valence-corrected chi connectivity index (χ2v) is 10.1. The molecule has 0 atom stereocenters. The smallest absolute Gasteiger partial charge is 0.258 e. The van der Waals surface area contributed by atoms with Gasteiger partial charge in [-0.05, 0) is 95.4 Å². The number of benzene rings is 3. The number of hydrogen-bond acceptors (Lipinski definition) is 6. The van der Waals surface area contributed by atoms with Crippen molar-refractivity contribution in [3.63, 3.8) is 0 Å². The molecule has 0 saturated carbocycles. The molecule has 1 aromatic heterocycles. The number of H-pyrrole nitrogens is 1. The number of rotatable bonds is 11. The minimum atomic E-state index is -0.321. The van der Waals surface area contributed by atoms with E-state index in [-0.39, 0.29) is 36.6 Å². The number of unbranched alkanes of at least 4 members (excludes halogenated alkanes) is 1. The van der Waals surface area contributed by atoms with Crippen LogP contribution in [0.25, 0.3) is 11.0 Å². The van der Waals surface area contributed by atoms with Crippen molar-refractivity contribution in [3.05, 3.63) is 77.1 Å². The maximum Gasteiger partial charge on any atom is 0.258 e. The van der Waals surface area contributed by atoms with Crippen molar-refractivity contribution in [1.29, 1.82) is 0 Å². The Morgan fingerprint density at radius 1 is 0.952 bits per heavy atom. The molecule has 2 amide bonds. The van der Waals surface area contributed by atoms with E-state index in [9.17, 15) is 9.59 Å². The van der Waals surface area contributed by atoms with Crippen LogP contribution < -0.4 is 19.7 Å². The highest BCUT2D eigenvalue weighted by Gasteiger charge is 2.21. The van der Waals surface area contributed by atoms with Crippen LogP contribution in [0.3, 0.4) is 0 Å². The van der Waals surface area contributed by atoms with E-state index in [1.165, 1.54) is 7.11 Å². The summed E-state index contributed by atoms with van der Waals surface area (Å²) in [6.07, 6.45) is 1.95. The van der Waals surface area contributed by atoms with E-state index >= 15 is 0 Å². The number of fused-ring (bicyclic) bond motifs is 1. The first-order chi connectivity index (χ1) is 19.2. The van der Waals surface area contributed by atoms with Gasteiger partial charge in [0.05, 0.1) is 36.2 Å². The number of aromatic nitrogens is 2. The Kier molecular flexibility index (Phi) is 12.7. The first-order valence-corrected chi connectivity index (χ1v) is 13.3. The number of nitrogens with one attached hydrogen (secondary N) is 2. The number of hydrogen-bond donors (Lipinski definition) is 2. The average molecular weight is 617 g/mol. The van der Waals surface area contributed by atoms with Gasteiger partial charge in [0.2, 0.25) is 0 Å². The molecular formula is C31H39Cl2N5O4. The lowest BCUT2D eigenvalue weighted by atomic mass is 10.1. The van der Waals surface area contributed by atoms with E-state index in [4.69, 9.17) is 9.47 Å². The van der Waals surface area contributed by atoms with Crippen molar-refractivity contribution in [2.75, 3.05) is 51.6 Å². The quantitative estimate of drug-likeness (QED) is 0.193. The summed E-state index contributed by atoms with van der Waals surface area (Å²) in [6, 6.07) is 16.2. The fourth-order valence-electron chi connectivity index (χ4n) is 4.49. The number of halogens is 2. The number of aryl methyl sites for hydroxylation is 2. The topological polar surface area (TPSA) is 99.8 Å². The molecule has 0 unspecified atom stereocenters. The first-order valence-electron chi connectivity index (χ1n) is 13.3. The molecule has 0 aliphatic rings. The number of ether oxygens (including phenoxy) is 2. The Labute approximate surface area is 259 Å². The SMILES string of the molecule is COc1cc(C(=O)N(C)c2ccc(C)cc2OCCCCN(C)C)ccc1NC(=O)c1cccc2[nH]c(C)nc12.Cl.Cl. The molecule has 9 nitrogen and oxygen atoms in total. The van der Waals surface area contributed by atoms with E-state index in [2.05, 4.69) is 34.3 Å². The second kappa shape index (κ2) is 15.4. The Morgan fingerprint density at radius 3 is 2.43 bits per heavy atom. The van der Waals surface area contributed by atoms with Crippen molar-refractivity contribution in [3.8, 4) is 11.5 Å². The van der Waals surface area contributed by atoms with E-state index in [0.29, 0.717) is 46.1 Å². The van der Waals surface area contributed by atoms with Crippen molar-refractivity contribution in [2.45, 2.75) is 26.7 Å². The normalized spacial score (nSPS) is 10.5. The standard InChI is InChI=1S/C31H37N5O4.2ClH/c1-20-12-15-26(28(18-20)40-17-8-7-16-35(3)4)36(5)31(38)22-13-14-24(27(19-22)39-6)34-30(37)23-10-9-11-25-29(23)33-21(2)32-25;;/h9-15,18-19H,7-8,16-17H2,1-6H3,(H,32,33)(H,34,37);2*1H. The summed E-state index contributed by atoms with van der Waals surface area (Å²) in [5.41, 5.74) is 4.43. The summed E-state index contributed by atoms with van der Waals surface area (Å²) in [6.45, 7) is 5.41. The maximum absolute atomic E-state index is 13.5. The number of carbonyl (C=O) groups is 2. The third kappa shape index (κ3) is 8.15. The Morgan fingerprint density at radius 2 is 1.71 bits per heavy atom. The highest BCUT2D eigenvalue weighted by molar-refractivity contribution is 6.12. The lowest BCUT2D eigenvalue weighted by molar-refractivity contribution is 0.0990. The zero-order chi connectivity index (χ0) is 28.8. The fraction of sp³-hybridized carbons (Fsp3) is 0.323. The average Bonchev–Trinajstić information content (AvgIpc) is 3.32. The number of anilines is 2. The summed E-state index contributed by atoms with van der Waals surface area (Å²) in [7, 11) is 7.33. The van der Waals surface area contributed by atoms with Crippen LogP contribution in [0.2, 0.25) is 0 Å². The summed E-state index contributed by atoms with van der Waals surface area (Å²) in [5, 5.41) is 2.90. The summed E-state index contributed by atoms with van der Waals surface area (Å²) in [4.78, 5) is 38.0. The Hall–Kier alpha value is -3.79. The van der Waals surface area contributed by atoms with Gasteiger partial charge in [-0.25, -0.2) is 4.98 Å². The molecule has 0 aliphatic carbocycles. The number of amides is 2. The molecule has 0 bridgehead atoms. The van der Waals surface area contributed by atoms with Crippen LogP contribution in [-0.4, -0.2) is 68.1 Å². The monoisotopic (exact) mass is 615 g/mol. The predicted octanol–water partition coefficient (Wildman–Crippen LogP) is 6.28. The van der Waals surface area contributed by atoms with Crippen LogP contribution in [0.4, 0.5) is 11.4 Å². The van der Waals surface area contributed by atoms with Gasteiger partial charge in [0.15, 0.2) is 0 Å². The van der Waals surface area contributed by atoms with Gasteiger partial charge in [-0.15, -0.1) is 24.8 Å². The molecule has 0 saturated heterocycles. The Balaban J connectivity index is 0.00000308. The van der Waals surface area contributed by atoms with Crippen LogP contribution in [-0.2, 0) is 0 Å². The molecule has 0 radical (unpaired) electrons. The number of nitrogens with zero attached hydrogens (tertiary/aromatic N) is 3. The molecule has 4 rings (SSSR count). The lowest BCUT2D eigenvalue weighted by Crippen LogP contribution is -2.27. The predicted molar refractivity (Wildman–Crippen MR) is 173 cm³/mol. The molecule has 4 aromatic rings. The molecule has 0 fully saturated rings. The van der Waals surface area contributed by atoms with E-state index < -0.39 is 0 Å². The zero-order valence-electron chi connectivity index (χ0n) is 24.8. The fourth-order valence-corrected chi connectivity index (χ4v) is 4.49. The third-order valence-corrected chi connectivity index (χ3v) is 6.61. The summed E-state index contributed by atoms with van der Waals surface area (Å²) >= 11 is 0. The number of aromatic amines is 1. The highest BCUT2D eigenvalue weighted by atomic mass is 35.5. The highest BCUT2D eigenvalue weighted by Crippen LogP contribution is 2.32. The molecule has 42 heavy (non-hydrogen) atoms. The summed E-state index contributed by atoms with van der Waals surface area (Å²) < 4.78 is 11.6. The number of methoxy groups -OCH3 is 1. The van der Waals surface area contributed by atoms with Gasteiger partial charge in [-0.1, -0.05) is 12.1 Å². The number of para-hydroxylation sites is 1. The van der Waals surface area contributed by atoms with Gasteiger partial charge in [0, 0.05) is 12.6 Å². The van der Waals surface area contributed by atoms with Crippen LogP contribution in [0.15, 0.2) is 54.6 Å². The first kappa shape index (κ1) is 34.4. The molecule has 226 valence electrons. The molecule has 0 aliphatic heterocycles. The second-order valence-electron chi connectivity index (χ2n) is 10.1. The van der Waals surface area contributed by atoms with Gasteiger partial charge in [0.1, 0.15) is 22.8 Å². The lowest BCUT2D eigenvalue weighted by Gasteiger charge is -2.22. The van der Waals surface area contributed by atoms with E-state index in [1.54, 1.807) is 42.3 Å². The van der Waals surface area contributed by atoms with Gasteiger partial charge in [0.25, 0.3) is 11.8 Å². The number of imidazole rings is 1. The Bertz CT molecular complexity index is 1520. The number of carbonyl (C=O) groups excluding carboxylic acids is 2. The zero-order valence-corrected chi connectivity index (χ0v) is 26.4. The molecule has 3 aromatic carbocycles. The maximum atomic E-state index is 13.5. The van der Waals surface area contributed by atoms with Gasteiger partial charge >= 0.3 is 0 Å². The molecule has 11 heteroatoms. The van der Waals surface area contributed by atoms with Crippen molar-refractivity contribution < 1.29 is 19.1 Å². The van der Waals surface area contributed by atoms with Crippen LogP contribution >= 0.6 is 24.8 Å². The van der Waals surface area contributed by atoms with Gasteiger partial charge < -0.3 is 29.6 Å². The van der Waals surface area contributed by atoms with Crippen molar-refractivity contribution in [1.82, 2.24) is 14.9 Å². The van der Waals surface area contributed by atoms with Gasteiger partial charge in [-0.2, -0.15) is 0 Å². The minimum Gasteiger partial charge on any atom is -0.495 e. The van der Waals surface area contributed by atoms with E-state index in [1.807, 2.05) is 38.1 Å². The van der Waals surface area contributed by atoms with E-state index in [0.717, 1.165) is 36.3 Å². The van der Waals surface area contributed by atoms with Crippen molar-refractivity contribution in [2.24, 2.45) is 0 Å². The minimum absolute atomic E-state index is 0. The molecular weight excluding hydrogens is 577 g/mol. The molecule has 2 N–H and O–H groups in total. The van der Waals surface area contributed by atoms with Crippen LogP contribution in [0, 0.1) is 13.8 Å². The largest absolute Gasteiger partial charge is 0.495 e. The third-order valence-electron chi connectivity index (χ3n) is 6.61.